The van der Waals surface area contributed by atoms with E-state index in [2.05, 4.69) is 17.2 Å². The predicted octanol–water partition coefficient (Wildman–Crippen LogP) is 3.24. The second-order valence-electron chi connectivity index (χ2n) is 4.37. The van der Waals surface area contributed by atoms with Crippen LogP contribution in [0, 0.1) is 11.8 Å². The standard InChI is InChI=1S/C16H14ClNO2S/c1-11(18-16(20)15-14(17)8-10-21-15)13-6-4-12(5-7-13)3-2-9-19/h4-8,10-11,19H,9H2,1H3,(H,18,20). The van der Waals surface area contributed by atoms with Gasteiger partial charge in [0.2, 0.25) is 0 Å². The van der Waals surface area contributed by atoms with Crippen LogP contribution >= 0.6 is 22.9 Å². The molecule has 0 aliphatic carbocycles. The lowest BCUT2D eigenvalue weighted by Gasteiger charge is -2.14. The third kappa shape index (κ3) is 4.08. The summed E-state index contributed by atoms with van der Waals surface area (Å²) >= 11 is 7.27. The van der Waals surface area contributed by atoms with Crippen LogP contribution in [0.3, 0.4) is 0 Å². The molecule has 2 rings (SSSR count). The van der Waals surface area contributed by atoms with Crippen LogP contribution in [0.4, 0.5) is 0 Å². The second-order valence-corrected chi connectivity index (χ2v) is 5.70. The van der Waals surface area contributed by atoms with Crippen LogP contribution in [-0.2, 0) is 0 Å². The van der Waals surface area contributed by atoms with Gasteiger partial charge in [0.25, 0.3) is 5.91 Å². The molecule has 21 heavy (non-hydrogen) atoms. The van der Waals surface area contributed by atoms with Crippen molar-refractivity contribution in [2.75, 3.05) is 6.61 Å². The first-order valence-electron chi connectivity index (χ1n) is 6.35. The molecule has 0 spiro atoms. The molecule has 0 aliphatic heterocycles. The van der Waals surface area contributed by atoms with Gasteiger partial charge in [-0.05, 0) is 36.1 Å². The van der Waals surface area contributed by atoms with E-state index in [4.69, 9.17) is 16.7 Å². The Morgan fingerprint density at radius 1 is 1.38 bits per heavy atom. The van der Waals surface area contributed by atoms with Gasteiger partial charge in [-0.2, -0.15) is 0 Å². The number of carbonyl (C=O) groups excluding carboxylic acids is 1. The topological polar surface area (TPSA) is 49.3 Å². The molecule has 0 fully saturated rings. The summed E-state index contributed by atoms with van der Waals surface area (Å²) in [5, 5.41) is 13.8. The van der Waals surface area contributed by atoms with Gasteiger partial charge >= 0.3 is 0 Å². The van der Waals surface area contributed by atoms with Crippen molar-refractivity contribution >= 4 is 28.8 Å². The van der Waals surface area contributed by atoms with Crippen LogP contribution in [0.5, 0.6) is 0 Å². The molecule has 108 valence electrons. The maximum atomic E-state index is 12.1. The van der Waals surface area contributed by atoms with Crippen molar-refractivity contribution in [2.45, 2.75) is 13.0 Å². The fourth-order valence-electron chi connectivity index (χ4n) is 1.80. The average molecular weight is 320 g/mol. The minimum absolute atomic E-state index is 0.129. The number of carbonyl (C=O) groups is 1. The van der Waals surface area contributed by atoms with Gasteiger partial charge < -0.3 is 10.4 Å². The zero-order valence-electron chi connectivity index (χ0n) is 11.4. The Bertz CT molecular complexity index is 682. The number of amides is 1. The van der Waals surface area contributed by atoms with Crippen LogP contribution < -0.4 is 5.32 Å². The molecule has 0 radical (unpaired) electrons. The lowest BCUT2D eigenvalue weighted by molar-refractivity contribution is 0.0944. The first-order valence-corrected chi connectivity index (χ1v) is 7.61. The van der Waals surface area contributed by atoms with Crippen LogP contribution in [0.1, 0.15) is 33.8 Å². The largest absolute Gasteiger partial charge is 0.384 e. The Hall–Kier alpha value is -1.80. The van der Waals surface area contributed by atoms with E-state index in [9.17, 15) is 4.79 Å². The number of rotatable bonds is 3. The smallest absolute Gasteiger partial charge is 0.263 e. The molecular weight excluding hydrogens is 306 g/mol. The number of halogens is 1. The van der Waals surface area contributed by atoms with Gasteiger partial charge in [0, 0.05) is 5.56 Å². The molecule has 1 amide bonds. The molecule has 3 nitrogen and oxygen atoms in total. The zero-order valence-corrected chi connectivity index (χ0v) is 13.0. The minimum Gasteiger partial charge on any atom is -0.384 e. The molecule has 1 unspecified atom stereocenters. The van der Waals surface area contributed by atoms with Crippen LogP contribution in [0.2, 0.25) is 5.02 Å². The Morgan fingerprint density at radius 2 is 2.10 bits per heavy atom. The van der Waals surface area contributed by atoms with E-state index in [1.165, 1.54) is 11.3 Å². The Balaban J connectivity index is 2.05. The highest BCUT2D eigenvalue weighted by molar-refractivity contribution is 7.12. The second kappa shape index (κ2) is 7.28. The average Bonchev–Trinajstić information content (AvgIpc) is 2.91. The summed E-state index contributed by atoms with van der Waals surface area (Å²) in [5.41, 5.74) is 1.80. The molecule has 0 bridgehead atoms. The maximum absolute atomic E-state index is 12.1. The molecule has 0 saturated carbocycles. The van der Waals surface area contributed by atoms with Gasteiger partial charge in [-0.3, -0.25) is 4.79 Å². The van der Waals surface area contributed by atoms with Crippen molar-refractivity contribution in [1.82, 2.24) is 5.32 Å². The van der Waals surface area contributed by atoms with E-state index >= 15 is 0 Å². The molecule has 5 heteroatoms. The highest BCUT2D eigenvalue weighted by Gasteiger charge is 2.15. The number of benzene rings is 1. The molecule has 0 aliphatic rings. The van der Waals surface area contributed by atoms with Crippen molar-refractivity contribution in [2.24, 2.45) is 0 Å². The lowest BCUT2D eigenvalue weighted by Crippen LogP contribution is -2.26. The van der Waals surface area contributed by atoms with E-state index in [0.29, 0.717) is 9.90 Å². The third-order valence-electron chi connectivity index (χ3n) is 2.89. The van der Waals surface area contributed by atoms with Gasteiger partial charge in [0.1, 0.15) is 11.5 Å². The SMILES string of the molecule is CC(NC(=O)c1sccc1Cl)c1ccc(C#CCO)cc1. The summed E-state index contributed by atoms with van der Waals surface area (Å²) in [6.45, 7) is 1.75. The van der Waals surface area contributed by atoms with Gasteiger partial charge in [0.15, 0.2) is 0 Å². The quantitative estimate of drug-likeness (QED) is 0.853. The summed E-state index contributed by atoms with van der Waals surface area (Å²) in [6, 6.07) is 9.11. The number of aliphatic hydroxyl groups excluding tert-OH is 1. The van der Waals surface area contributed by atoms with E-state index in [1.807, 2.05) is 31.2 Å². The number of aliphatic hydroxyl groups is 1. The molecular formula is C16H14ClNO2S. The predicted molar refractivity (Wildman–Crippen MR) is 85.6 cm³/mol. The van der Waals surface area contributed by atoms with E-state index in [1.54, 1.807) is 11.4 Å². The Morgan fingerprint density at radius 3 is 2.67 bits per heavy atom. The molecule has 0 saturated heterocycles. The molecule has 2 N–H and O–H groups in total. The van der Waals surface area contributed by atoms with E-state index in [-0.39, 0.29) is 18.6 Å². The summed E-state index contributed by atoms with van der Waals surface area (Å²) in [4.78, 5) is 12.6. The highest BCUT2D eigenvalue weighted by atomic mass is 35.5. The van der Waals surface area contributed by atoms with Gasteiger partial charge in [-0.1, -0.05) is 35.6 Å². The minimum atomic E-state index is -0.174. The highest BCUT2D eigenvalue weighted by Crippen LogP contribution is 2.23. The number of thiophene rings is 1. The maximum Gasteiger partial charge on any atom is 0.263 e. The van der Waals surface area contributed by atoms with E-state index < -0.39 is 0 Å². The molecule has 1 heterocycles. The summed E-state index contributed by atoms with van der Waals surface area (Å²) in [7, 11) is 0. The normalized spacial score (nSPS) is 11.4. The van der Waals surface area contributed by atoms with Gasteiger partial charge in [-0.15, -0.1) is 11.3 Å². The molecule has 2 aromatic rings. The Labute approximate surface area is 132 Å². The monoisotopic (exact) mass is 319 g/mol. The van der Waals surface area contributed by atoms with Crippen LogP contribution in [0.15, 0.2) is 35.7 Å². The third-order valence-corrected chi connectivity index (χ3v) is 4.23. The van der Waals surface area contributed by atoms with Crippen molar-refractivity contribution in [3.63, 3.8) is 0 Å². The van der Waals surface area contributed by atoms with Gasteiger partial charge in [-0.25, -0.2) is 0 Å². The summed E-state index contributed by atoms with van der Waals surface area (Å²) in [6.07, 6.45) is 0. The Kier molecular flexibility index (Phi) is 5.40. The van der Waals surface area contributed by atoms with Crippen molar-refractivity contribution < 1.29 is 9.90 Å². The summed E-state index contributed by atoms with van der Waals surface area (Å²) < 4.78 is 0. The number of hydrogen-bond acceptors (Lipinski definition) is 3. The van der Waals surface area contributed by atoms with Crippen molar-refractivity contribution in [3.05, 3.63) is 56.7 Å². The molecule has 1 atom stereocenters. The molecule has 1 aromatic heterocycles. The van der Waals surface area contributed by atoms with Crippen LogP contribution in [0.25, 0.3) is 0 Å². The number of nitrogens with one attached hydrogen (secondary N) is 1. The summed E-state index contributed by atoms with van der Waals surface area (Å²) in [5.74, 6) is 5.25. The molecule has 1 aromatic carbocycles. The first-order chi connectivity index (χ1) is 10.1. The van der Waals surface area contributed by atoms with Crippen molar-refractivity contribution in [3.8, 4) is 11.8 Å². The number of hydrogen-bond donors (Lipinski definition) is 2. The fourth-order valence-corrected chi connectivity index (χ4v) is 2.84. The first kappa shape index (κ1) is 15.6. The zero-order chi connectivity index (χ0) is 15.2. The van der Waals surface area contributed by atoms with E-state index in [0.717, 1.165) is 11.1 Å². The van der Waals surface area contributed by atoms with Gasteiger partial charge in [0.05, 0.1) is 11.1 Å². The van der Waals surface area contributed by atoms with Crippen molar-refractivity contribution in [1.29, 1.82) is 0 Å². The lowest BCUT2D eigenvalue weighted by atomic mass is 10.1. The van der Waals surface area contributed by atoms with Crippen LogP contribution in [-0.4, -0.2) is 17.6 Å². The fraction of sp³-hybridized carbons (Fsp3) is 0.188.